The lowest BCUT2D eigenvalue weighted by Crippen LogP contribution is -2.18. The maximum absolute atomic E-state index is 12.5. The molecule has 0 spiro atoms. The van der Waals surface area contributed by atoms with Crippen LogP contribution in [-0.2, 0) is 6.61 Å². The van der Waals surface area contributed by atoms with Crippen molar-refractivity contribution in [3.63, 3.8) is 0 Å². The van der Waals surface area contributed by atoms with E-state index < -0.39 is 5.91 Å². The number of ether oxygens (including phenoxy) is 2. The highest BCUT2D eigenvalue weighted by molar-refractivity contribution is 6.30. The van der Waals surface area contributed by atoms with Gasteiger partial charge in [0.15, 0.2) is 0 Å². The molecule has 0 atom stereocenters. The van der Waals surface area contributed by atoms with Gasteiger partial charge in [0.05, 0.1) is 18.9 Å². The van der Waals surface area contributed by atoms with Crippen LogP contribution >= 0.6 is 11.6 Å². The predicted molar refractivity (Wildman–Crippen MR) is 112 cm³/mol. The van der Waals surface area contributed by atoms with Gasteiger partial charge in [-0.1, -0.05) is 35.9 Å². The van der Waals surface area contributed by atoms with E-state index in [1.54, 1.807) is 48.5 Å². The Morgan fingerprint density at radius 3 is 2.66 bits per heavy atom. The molecule has 1 amide bonds. The summed E-state index contributed by atoms with van der Waals surface area (Å²) >= 11 is 5.89. The van der Waals surface area contributed by atoms with E-state index in [4.69, 9.17) is 21.1 Å². The van der Waals surface area contributed by atoms with Crippen molar-refractivity contribution in [1.82, 2.24) is 5.43 Å². The van der Waals surface area contributed by atoms with Crippen LogP contribution in [0, 0.1) is 0 Å². The number of hydrogen-bond acceptors (Lipinski definition) is 5. The maximum atomic E-state index is 12.5. The zero-order valence-corrected chi connectivity index (χ0v) is 16.4. The number of methoxy groups -OCH3 is 1. The molecule has 7 heteroatoms. The Kier molecular flexibility index (Phi) is 6.71. The molecule has 0 aliphatic carbocycles. The Morgan fingerprint density at radius 2 is 1.90 bits per heavy atom. The third kappa shape index (κ3) is 5.49. The molecular formula is C22H19ClN2O4. The Balaban J connectivity index is 1.67. The van der Waals surface area contributed by atoms with Gasteiger partial charge in [0.1, 0.15) is 23.9 Å². The number of rotatable bonds is 7. The second-order valence-electron chi connectivity index (χ2n) is 6.04. The van der Waals surface area contributed by atoms with Gasteiger partial charge < -0.3 is 14.6 Å². The van der Waals surface area contributed by atoms with Gasteiger partial charge in [0, 0.05) is 10.6 Å². The quantitative estimate of drug-likeness (QED) is 0.447. The molecule has 29 heavy (non-hydrogen) atoms. The van der Waals surface area contributed by atoms with Crippen molar-refractivity contribution in [2.24, 2.45) is 5.10 Å². The standard InChI is InChI=1S/C22H19ClN2O4/c1-28-18-10-11-20(26)16(12-18)13-24-25-22(27)19-4-2-3-5-21(19)29-14-15-6-8-17(23)9-7-15/h2-13,26H,14H2,1H3,(H,25,27). The van der Waals surface area contributed by atoms with Crippen LogP contribution in [0.1, 0.15) is 21.5 Å². The molecule has 0 aliphatic rings. The number of amides is 1. The Hall–Kier alpha value is -3.51. The minimum Gasteiger partial charge on any atom is -0.507 e. The van der Waals surface area contributed by atoms with Crippen molar-refractivity contribution in [1.29, 1.82) is 0 Å². The first kappa shape index (κ1) is 20.2. The monoisotopic (exact) mass is 410 g/mol. The molecule has 0 fully saturated rings. The number of aromatic hydroxyl groups is 1. The van der Waals surface area contributed by atoms with Crippen molar-refractivity contribution in [2.75, 3.05) is 7.11 Å². The van der Waals surface area contributed by atoms with Crippen LogP contribution in [0.5, 0.6) is 17.2 Å². The second-order valence-corrected chi connectivity index (χ2v) is 6.47. The maximum Gasteiger partial charge on any atom is 0.275 e. The normalized spacial score (nSPS) is 10.7. The molecule has 0 aliphatic heterocycles. The lowest BCUT2D eigenvalue weighted by molar-refractivity contribution is 0.0950. The lowest BCUT2D eigenvalue weighted by atomic mass is 10.2. The van der Waals surface area contributed by atoms with Crippen LogP contribution in [0.15, 0.2) is 71.8 Å². The van der Waals surface area contributed by atoms with E-state index in [-0.39, 0.29) is 5.75 Å². The number of phenols is 1. The number of phenolic OH excluding ortho intramolecular Hbond substituents is 1. The van der Waals surface area contributed by atoms with E-state index in [1.165, 1.54) is 19.4 Å². The number of para-hydroxylation sites is 1. The number of nitrogens with zero attached hydrogens (tertiary/aromatic N) is 1. The van der Waals surface area contributed by atoms with Crippen LogP contribution in [0.25, 0.3) is 0 Å². The molecule has 3 aromatic rings. The molecule has 3 aromatic carbocycles. The van der Waals surface area contributed by atoms with Crippen molar-refractivity contribution in [3.05, 3.63) is 88.4 Å². The highest BCUT2D eigenvalue weighted by atomic mass is 35.5. The minimum absolute atomic E-state index is 0.0236. The van der Waals surface area contributed by atoms with Gasteiger partial charge in [0.25, 0.3) is 5.91 Å². The fourth-order valence-electron chi connectivity index (χ4n) is 2.51. The Bertz CT molecular complexity index is 1020. The Morgan fingerprint density at radius 1 is 1.14 bits per heavy atom. The molecule has 3 rings (SSSR count). The largest absolute Gasteiger partial charge is 0.507 e. The summed E-state index contributed by atoms with van der Waals surface area (Å²) in [7, 11) is 1.52. The molecule has 0 saturated heterocycles. The third-order valence-corrected chi connectivity index (χ3v) is 4.30. The van der Waals surface area contributed by atoms with Crippen LogP contribution < -0.4 is 14.9 Å². The third-order valence-electron chi connectivity index (χ3n) is 4.04. The first-order chi connectivity index (χ1) is 14.1. The van der Waals surface area contributed by atoms with E-state index in [9.17, 15) is 9.90 Å². The van der Waals surface area contributed by atoms with Crippen LogP contribution in [-0.4, -0.2) is 24.3 Å². The topological polar surface area (TPSA) is 80.2 Å². The molecule has 0 radical (unpaired) electrons. The summed E-state index contributed by atoms with van der Waals surface area (Å²) < 4.78 is 10.9. The number of benzene rings is 3. The molecule has 2 N–H and O–H groups in total. The van der Waals surface area contributed by atoms with Gasteiger partial charge in [0.2, 0.25) is 0 Å². The summed E-state index contributed by atoms with van der Waals surface area (Å²) in [4.78, 5) is 12.5. The van der Waals surface area contributed by atoms with Crippen LogP contribution in [0.4, 0.5) is 0 Å². The highest BCUT2D eigenvalue weighted by Gasteiger charge is 2.12. The van der Waals surface area contributed by atoms with Crippen molar-refractivity contribution < 1.29 is 19.4 Å². The van der Waals surface area contributed by atoms with Crippen molar-refractivity contribution in [2.45, 2.75) is 6.61 Å². The predicted octanol–water partition coefficient (Wildman–Crippen LogP) is 4.40. The van der Waals surface area contributed by atoms with E-state index in [0.717, 1.165) is 5.56 Å². The number of halogens is 1. The second kappa shape index (κ2) is 9.61. The number of carbonyl (C=O) groups is 1. The van der Waals surface area contributed by atoms with Crippen LogP contribution in [0.3, 0.4) is 0 Å². The molecule has 0 bridgehead atoms. The summed E-state index contributed by atoms with van der Waals surface area (Å²) in [5.41, 5.74) is 4.12. The summed E-state index contributed by atoms with van der Waals surface area (Å²) in [6.07, 6.45) is 1.34. The van der Waals surface area contributed by atoms with E-state index >= 15 is 0 Å². The van der Waals surface area contributed by atoms with E-state index in [1.807, 2.05) is 12.1 Å². The summed E-state index contributed by atoms with van der Waals surface area (Å²) in [5, 5.41) is 14.4. The zero-order valence-electron chi connectivity index (χ0n) is 15.6. The lowest BCUT2D eigenvalue weighted by Gasteiger charge is -2.10. The number of carbonyl (C=O) groups excluding carboxylic acids is 1. The minimum atomic E-state index is -0.435. The summed E-state index contributed by atoms with van der Waals surface area (Å²) in [6, 6.07) is 18.9. The van der Waals surface area contributed by atoms with E-state index in [0.29, 0.717) is 34.3 Å². The molecule has 0 saturated carbocycles. The van der Waals surface area contributed by atoms with Gasteiger partial charge >= 0.3 is 0 Å². The van der Waals surface area contributed by atoms with Gasteiger partial charge in [-0.3, -0.25) is 4.79 Å². The van der Waals surface area contributed by atoms with Crippen molar-refractivity contribution in [3.8, 4) is 17.2 Å². The number of hydrazone groups is 1. The van der Waals surface area contributed by atoms with Gasteiger partial charge in [-0.05, 0) is 48.0 Å². The first-order valence-electron chi connectivity index (χ1n) is 8.73. The molecule has 6 nitrogen and oxygen atoms in total. The zero-order chi connectivity index (χ0) is 20.6. The Labute approximate surface area is 173 Å². The highest BCUT2D eigenvalue weighted by Crippen LogP contribution is 2.22. The van der Waals surface area contributed by atoms with Gasteiger partial charge in [-0.15, -0.1) is 0 Å². The first-order valence-corrected chi connectivity index (χ1v) is 9.11. The number of nitrogens with one attached hydrogen (secondary N) is 1. The van der Waals surface area contributed by atoms with Gasteiger partial charge in [-0.2, -0.15) is 5.10 Å². The molecule has 148 valence electrons. The molecule has 0 unspecified atom stereocenters. The fraction of sp³-hybridized carbons (Fsp3) is 0.0909. The smallest absolute Gasteiger partial charge is 0.275 e. The average Bonchev–Trinajstić information content (AvgIpc) is 2.75. The van der Waals surface area contributed by atoms with Gasteiger partial charge in [-0.25, -0.2) is 5.43 Å². The molecule has 0 heterocycles. The summed E-state index contributed by atoms with van der Waals surface area (Å²) in [6.45, 7) is 0.294. The number of hydrogen-bond donors (Lipinski definition) is 2. The molecular weight excluding hydrogens is 392 g/mol. The molecule has 0 aromatic heterocycles. The van der Waals surface area contributed by atoms with Crippen LogP contribution in [0.2, 0.25) is 5.02 Å². The summed E-state index contributed by atoms with van der Waals surface area (Å²) in [5.74, 6) is 0.585. The SMILES string of the molecule is COc1ccc(O)c(C=NNC(=O)c2ccccc2OCc2ccc(Cl)cc2)c1. The fourth-order valence-corrected chi connectivity index (χ4v) is 2.63. The van der Waals surface area contributed by atoms with Crippen molar-refractivity contribution >= 4 is 23.7 Å². The average molecular weight is 411 g/mol. The van der Waals surface area contributed by atoms with E-state index in [2.05, 4.69) is 10.5 Å².